The molecular weight excluding hydrogens is 227 g/mol. The summed E-state index contributed by atoms with van der Waals surface area (Å²) in [5.41, 5.74) is 0. The summed E-state index contributed by atoms with van der Waals surface area (Å²) in [6.45, 7) is 2.62. The molecule has 102 valence electrons. The molecule has 0 aromatic rings. The number of rotatable bonds is 6. The van der Waals surface area contributed by atoms with Crippen LogP contribution in [0, 0.1) is 5.92 Å². The van der Waals surface area contributed by atoms with Crippen LogP contribution in [0.5, 0.6) is 0 Å². The third-order valence-electron chi connectivity index (χ3n) is 3.70. The van der Waals surface area contributed by atoms with Crippen molar-refractivity contribution in [2.24, 2.45) is 5.92 Å². The van der Waals surface area contributed by atoms with Gasteiger partial charge in [0.05, 0.1) is 0 Å². The van der Waals surface area contributed by atoms with Gasteiger partial charge >= 0.3 is 6.18 Å². The lowest BCUT2D eigenvalue weighted by Gasteiger charge is -2.30. The molecule has 1 N–H and O–H groups in total. The van der Waals surface area contributed by atoms with Gasteiger partial charge in [-0.15, -0.1) is 0 Å². The number of nitrogens with one attached hydrogen (secondary N) is 1. The van der Waals surface area contributed by atoms with E-state index in [0.717, 1.165) is 6.42 Å². The fourth-order valence-electron chi connectivity index (χ4n) is 2.76. The van der Waals surface area contributed by atoms with Crippen molar-refractivity contribution < 1.29 is 13.2 Å². The van der Waals surface area contributed by atoms with Gasteiger partial charge in [-0.05, 0) is 38.1 Å². The summed E-state index contributed by atoms with van der Waals surface area (Å²) in [6.07, 6.45) is 2.92. The van der Waals surface area contributed by atoms with Gasteiger partial charge in [0.15, 0.2) is 0 Å². The third kappa shape index (κ3) is 6.29. The molecule has 1 nitrogen and oxygen atoms in total. The molecule has 0 saturated heterocycles. The van der Waals surface area contributed by atoms with Crippen molar-refractivity contribution in [3.05, 3.63) is 0 Å². The van der Waals surface area contributed by atoms with Crippen LogP contribution in [0.2, 0.25) is 0 Å². The van der Waals surface area contributed by atoms with Crippen molar-refractivity contribution in [2.75, 3.05) is 6.54 Å². The fourth-order valence-corrected chi connectivity index (χ4v) is 2.76. The van der Waals surface area contributed by atoms with E-state index in [2.05, 4.69) is 12.2 Å². The van der Waals surface area contributed by atoms with Crippen LogP contribution < -0.4 is 5.32 Å². The lowest BCUT2D eigenvalue weighted by atomic mass is 9.83. The Hall–Kier alpha value is -0.250. The van der Waals surface area contributed by atoms with E-state index < -0.39 is 12.6 Å². The molecule has 4 heteroatoms. The Balaban J connectivity index is 2.18. The minimum atomic E-state index is -4.01. The van der Waals surface area contributed by atoms with Crippen molar-refractivity contribution in [3.63, 3.8) is 0 Å². The second-order valence-corrected chi connectivity index (χ2v) is 5.09. The fraction of sp³-hybridized carbons (Fsp3) is 1.00. The molecule has 1 aliphatic rings. The molecule has 1 atom stereocenters. The quantitative estimate of drug-likeness (QED) is 0.695. The maximum absolute atomic E-state index is 12.0. The molecule has 0 aromatic heterocycles. The van der Waals surface area contributed by atoms with Crippen molar-refractivity contribution >= 4 is 0 Å². The average Bonchev–Trinajstić information content (AvgIpc) is 2.29. The van der Waals surface area contributed by atoms with E-state index in [-0.39, 0.29) is 6.42 Å². The van der Waals surface area contributed by atoms with Gasteiger partial charge in [-0.25, -0.2) is 0 Å². The molecule has 0 aromatic carbocycles. The summed E-state index contributed by atoms with van der Waals surface area (Å²) in [4.78, 5) is 0. The van der Waals surface area contributed by atoms with Gasteiger partial charge in [-0.2, -0.15) is 13.2 Å². The number of hydrogen-bond acceptors (Lipinski definition) is 1. The molecular formula is C13H24F3N. The maximum atomic E-state index is 12.0. The zero-order valence-electron chi connectivity index (χ0n) is 10.7. The van der Waals surface area contributed by atoms with Crippen molar-refractivity contribution in [1.82, 2.24) is 5.32 Å². The third-order valence-corrected chi connectivity index (χ3v) is 3.70. The van der Waals surface area contributed by atoms with E-state index in [1.165, 1.54) is 32.1 Å². The second kappa shape index (κ2) is 7.24. The van der Waals surface area contributed by atoms with Gasteiger partial charge in [0.25, 0.3) is 0 Å². The zero-order chi connectivity index (χ0) is 12.7. The van der Waals surface area contributed by atoms with Crippen LogP contribution in [0.3, 0.4) is 0 Å². The second-order valence-electron chi connectivity index (χ2n) is 5.09. The molecule has 1 saturated carbocycles. The summed E-state index contributed by atoms with van der Waals surface area (Å²) < 4.78 is 36.0. The first-order valence-corrected chi connectivity index (χ1v) is 6.83. The Morgan fingerprint density at radius 2 is 1.82 bits per heavy atom. The van der Waals surface area contributed by atoms with Gasteiger partial charge in [0.1, 0.15) is 0 Å². The SMILES string of the molecule is CCC(NCCCC(F)(F)F)C1CCCCC1. The van der Waals surface area contributed by atoms with Crippen LogP contribution in [-0.4, -0.2) is 18.8 Å². The lowest BCUT2D eigenvalue weighted by Crippen LogP contribution is -2.37. The van der Waals surface area contributed by atoms with Gasteiger partial charge in [0.2, 0.25) is 0 Å². The first-order chi connectivity index (χ1) is 8.03. The van der Waals surface area contributed by atoms with E-state index in [9.17, 15) is 13.2 Å². The highest BCUT2D eigenvalue weighted by atomic mass is 19.4. The van der Waals surface area contributed by atoms with E-state index in [1.807, 2.05) is 0 Å². The molecule has 17 heavy (non-hydrogen) atoms. The Kier molecular flexibility index (Phi) is 6.31. The first-order valence-electron chi connectivity index (χ1n) is 6.83. The summed E-state index contributed by atoms with van der Waals surface area (Å²) >= 11 is 0. The minimum Gasteiger partial charge on any atom is -0.314 e. The van der Waals surface area contributed by atoms with Crippen molar-refractivity contribution in [3.8, 4) is 0 Å². The summed E-state index contributed by atoms with van der Waals surface area (Å²) in [5.74, 6) is 0.680. The molecule has 0 aliphatic heterocycles. The summed E-state index contributed by atoms with van der Waals surface area (Å²) in [5, 5.41) is 3.31. The van der Waals surface area contributed by atoms with E-state index in [1.54, 1.807) is 0 Å². The van der Waals surface area contributed by atoms with Crippen molar-refractivity contribution in [1.29, 1.82) is 0 Å². The first kappa shape index (κ1) is 14.8. The summed E-state index contributed by atoms with van der Waals surface area (Å²) in [6, 6.07) is 0.420. The molecule has 1 fully saturated rings. The Bertz CT molecular complexity index is 197. The Labute approximate surface area is 102 Å². The van der Waals surface area contributed by atoms with E-state index in [4.69, 9.17) is 0 Å². The lowest BCUT2D eigenvalue weighted by molar-refractivity contribution is -0.135. The summed E-state index contributed by atoms with van der Waals surface area (Å²) in [7, 11) is 0. The Morgan fingerprint density at radius 3 is 2.35 bits per heavy atom. The maximum Gasteiger partial charge on any atom is 0.389 e. The van der Waals surface area contributed by atoms with Crippen LogP contribution >= 0.6 is 0 Å². The minimum absolute atomic E-state index is 0.201. The molecule has 1 rings (SSSR count). The number of halogens is 3. The van der Waals surface area contributed by atoms with Crippen LogP contribution in [0.4, 0.5) is 13.2 Å². The van der Waals surface area contributed by atoms with Gasteiger partial charge in [0, 0.05) is 12.5 Å². The van der Waals surface area contributed by atoms with Crippen LogP contribution in [0.1, 0.15) is 58.3 Å². The van der Waals surface area contributed by atoms with Crippen LogP contribution in [0.25, 0.3) is 0 Å². The van der Waals surface area contributed by atoms with Crippen LogP contribution in [-0.2, 0) is 0 Å². The van der Waals surface area contributed by atoms with E-state index in [0.29, 0.717) is 18.5 Å². The predicted octanol–water partition coefficient (Wildman–Crippen LogP) is 4.28. The number of hydrogen-bond donors (Lipinski definition) is 1. The molecule has 0 bridgehead atoms. The van der Waals surface area contributed by atoms with E-state index >= 15 is 0 Å². The molecule has 0 amide bonds. The standard InChI is InChI=1S/C13H24F3N/c1-2-12(11-7-4-3-5-8-11)17-10-6-9-13(14,15)16/h11-12,17H,2-10H2,1H3. The zero-order valence-corrected chi connectivity index (χ0v) is 10.7. The van der Waals surface area contributed by atoms with Crippen molar-refractivity contribution in [2.45, 2.75) is 70.5 Å². The molecule has 1 unspecified atom stereocenters. The normalized spacial score (nSPS) is 20.5. The van der Waals surface area contributed by atoms with Gasteiger partial charge in [-0.1, -0.05) is 26.2 Å². The van der Waals surface area contributed by atoms with Gasteiger partial charge in [-0.3, -0.25) is 0 Å². The average molecular weight is 251 g/mol. The smallest absolute Gasteiger partial charge is 0.314 e. The highest BCUT2D eigenvalue weighted by Crippen LogP contribution is 2.28. The molecule has 0 heterocycles. The predicted molar refractivity (Wildman–Crippen MR) is 63.9 cm³/mol. The molecule has 0 spiro atoms. The molecule has 1 aliphatic carbocycles. The van der Waals surface area contributed by atoms with Crippen LogP contribution in [0.15, 0.2) is 0 Å². The number of alkyl halides is 3. The monoisotopic (exact) mass is 251 g/mol. The Morgan fingerprint density at radius 1 is 1.18 bits per heavy atom. The molecule has 0 radical (unpaired) electrons. The topological polar surface area (TPSA) is 12.0 Å². The highest BCUT2D eigenvalue weighted by molar-refractivity contribution is 4.78. The largest absolute Gasteiger partial charge is 0.389 e. The van der Waals surface area contributed by atoms with Gasteiger partial charge < -0.3 is 5.32 Å². The highest BCUT2D eigenvalue weighted by Gasteiger charge is 2.26.